The predicted molar refractivity (Wildman–Crippen MR) is 377 cm³/mol. The molecule has 0 radical (unpaired) electrons. The molecule has 0 spiro atoms. The van der Waals surface area contributed by atoms with Gasteiger partial charge in [-0.1, -0.05) is 139 Å². The molecule has 0 aliphatic heterocycles. The minimum Gasteiger partial charge on any atom is -0.544 e. The Bertz CT molecular complexity index is 3980. The first-order valence-corrected chi connectivity index (χ1v) is 33.5. The van der Waals surface area contributed by atoms with Gasteiger partial charge in [0, 0.05) is 63.0 Å². The first-order chi connectivity index (χ1) is 50.8. The number of hydrazone groups is 1. The molecular formula is C76H96N10O22. The quantitative estimate of drug-likeness (QED) is 0.00365. The summed E-state index contributed by atoms with van der Waals surface area (Å²) in [5.74, 6) is -7.48. The van der Waals surface area contributed by atoms with Gasteiger partial charge in [0.2, 0.25) is 17.5 Å². The van der Waals surface area contributed by atoms with E-state index in [9.17, 15) is 88.2 Å². The number of benzene rings is 6. The van der Waals surface area contributed by atoms with E-state index in [4.69, 9.17) is 19.1 Å². The monoisotopic (exact) mass is 1500 g/mol. The van der Waals surface area contributed by atoms with Crippen LogP contribution in [0, 0.1) is 0 Å². The number of amides is 1. The Morgan fingerprint density at radius 2 is 0.704 bits per heavy atom. The number of aliphatic carboxylic acids is 6. The van der Waals surface area contributed by atoms with Crippen molar-refractivity contribution in [1.82, 2.24) is 5.43 Å². The van der Waals surface area contributed by atoms with Crippen LogP contribution in [-0.2, 0) is 103 Å². The normalized spacial score (nSPS) is 11.9. The first kappa shape index (κ1) is 93.9. The Balaban J connectivity index is 0.000000648. The van der Waals surface area contributed by atoms with Gasteiger partial charge in [0.25, 0.3) is 6.79 Å². The van der Waals surface area contributed by atoms with E-state index < -0.39 is 83.6 Å². The van der Waals surface area contributed by atoms with Crippen LogP contribution < -0.4 is 79.9 Å². The van der Waals surface area contributed by atoms with Crippen molar-refractivity contribution in [2.24, 2.45) is 15.4 Å². The van der Waals surface area contributed by atoms with Crippen LogP contribution in [0.5, 0.6) is 11.5 Å². The van der Waals surface area contributed by atoms with Crippen LogP contribution >= 0.6 is 0 Å². The van der Waals surface area contributed by atoms with E-state index in [0.717, 1.165) is 55.9 Å². The number of nitrogens with zero attached hydrogens (tertiary/aromatic N) is 3. The third kappa shape index (κ3) is 42.6. The molecule has 0 aliphatic carbocycles. The van der Waals surface area contributed by atoms with Crippen LogP contribution in [-0.4, -0.2) is 138 Å². The number of rotatable bonds is 36. The summed E-state index contributed by atoms with van der Waals surface area (Å²) in [6.45, 7) is 13.6. The molecule has 6 aromatic rings. The number of carboxylic acids is 6. The SMILES string of the molecule is CC(=O)CC(=O)c1ccc(C[C@H]([NH3+])C(=O)[O-])cc1.CC(=O)COc1ccc(C[C@H]([NH3+])C(=O)[O-])cc1.CC(=O)N/N=C/c1ccc(C[C@H]([NH3+])C(=O)[O-])cc1.CC(C)=NOCOc1ccc(C[C@H]([NH3+])C(=O)[O-])cc1.CC(C)=NOCc1ccc(C[C@H]([NH3+])C(=O)[O-])cc1.CCC(=O)C(=O)c1ccc(C[C@H]([NH3+])C(=O)[O-])cc1. The van der Waals surface area contributed by atoms with Gasteiger partial charge in [-0.2, -0.15) is 5.10 Å². The summed E-state index contributed by atoms with van der Waals surface area (Å²) in [5, 5.41) is 74.5. The van der Waals surface area contributed by atoms with E-state index in [0.29, 0.717) is 54.9 Å². The van der Waals surface area contributed by atoms with Crippen molar-refractivity contribution in [2.75, 3.05) is 13.4 Å². The van der Waals surface area contributed by atoms with Crippen molar-refractivity contribution in [3.05, 3.63) is 201 Å². The molecule has 6 rings (SSSR count). The highest BCUT2D eigenvalue weighted by atomic mass is 16.7. The van der Waals surface area contributed by atoms with E-state index in [1.807, 2.05) is 52.0 Å². The number of carbonyl (C=O) groups excluding carboxylic acids is 12. The lowest BCUT2D eigenvalue weighted by atomic mass is 10.0. The smallest absolute Gasteiger partial charge is 0.255 e. The molecule has 0 bridgehead atoms. The number of carbonyl (C=O) groups is 12. The maximum atomic E-state index is 11.6. The fraction of sp³-hybridized carbons (Fsp3) is 0.329. The number of Topliss-reactive ketones (excluding diaryl/α,β-unsaturated/α-hetero) is 5. The van der Waals surface area contributed by atoms with Crippen LogP contribution in [0.25, 0.3) is 0 Å². The Morgan fingerprint density at radius 1 is 0.398 bits per heavy atom. The fourth-order valence-corrected chi connectivity index (χ4v) is 8.30. The number of carboxylic acid groups (broad SMARTS) is 6. The highest BCUT2D eigenvalue weighted by Crippen LogP contribution is 2.16. The van der Waals surface area contributed by atoms with Crippen molar-refractivity contribution >= 4 is 88.3 Å². The van der Waals surface area contributed by atoms with Gasteiger partial charge in [0.05, 0.1) is 59.9 Å². The predicted octanol–water partition coefficient (Wildman–Crippen LogP) is -7.04. The largest absolute Gasteiger partial charge is 0.544 e. The Kier molecular flexibility index (Phi) is 44.5. The Hall–Kier alpha value is -12.1. The summed E-state index contributed by atoms with van der Waals surface area (Å²) >= 11 is 0. The molecule has 0 fully saturated rings. The molecule has 32 nitrogen and oxygen atoms in total. The summed E-state index contributed by atoms with van der Waals surface area (Å²) in [5.41, 5.74) is 32.4. The molecule has 0 unspecified atom stereocenters. The topological polar surface area (TPSA) is 595 Å². The van der Waals surface area contributed by atoms with Gasteiger partial charge in [0.1, 0.15) is 66.7 Å². The molecule has 0 saturated heterocycles. The minimum absolute atomic E-state index is 0.0293. The number of ether oxygens (including phenoxy) is 2. The van der Waals surface area contributed by atoms with Crippen molar-refractivity contribution in [3.8, 4) is 11.5 Å². The molecule has 1 amide bonds. The second-order valence-electron chi connectivity index (χ2n) is 24.6. The van der Waals surface area contributed by atoms with E-state index in [2.05, 4.69) is 55.2 Å². The van der Waals surface area contributed by atoms with Crippen LogP contribution in [0.4, 0.5) is 0 Å². The number of hydrogen-bond donors (Lipinski definition) is 7. The molecule has 6 atom stereocenters. The van der Waals surface area contributed by atoms with Gasteiger partial charge in [-0.05, 0) is 110 Å². The maximum Gasteiger partial charge on any atom is 0.255 e. The van der Waals surface area contributed by atoms with Crippen molar-refractivity contribution in [1.29, 1.82) is 0 Å². The van der Waals surface area contributed by atoms with Crippen molar-refractivity contribution < 1.29 is 142 Å². The van der Waals surface area contributed by atoms with Crippen LogP contribution in [0.2, 0.25) is 0 Å². The summed E-state index contributed by atoms with van der Waals surface area (Å²) < 4.78 is 10.5. The number of hydrogen-bond acceptors (Lipinski definition) is 25. The zero-order valence-electron chi connectivity index (χ0n) is 61.7. The summed E-state index contributed by atoms with van der Waals surface area (Å²) in [6, 6.07) is 36.7. The fourth-order valence-electron chi connectivity index (χ4n) is 8.30. The van der Waals surface area contributed by atoms with E-state index in [1.165, 1.54) is 39.1 Å². The lowest BCUT2D eigenvalue weighted by molar-refractivity contribution is -0.437. The second kappa shape index (κ2) is 51.2. The molecule has 108 heavy (non-hydrogen) atoms. The molecule has 6 aromatic carbocycles. The number of oxime groups is 2. The molecule has 0 saturated carbocycles. The summed E-state index contributed by atoms with van der Waals surface area (Å²) in [4.78, 5) is 140. The van der Waals surface area contributed by atoms with Crippen molar-refractivity contribution in [3.63, 3.8) is 0 Å². The second-order valence-corrected chi connectivity index (χ2v) is 24.6. The standard InChI is InChI=1S/C13H18N2O4.C13H18N2O3.2C13H15NO4.C12H15N3O3.C12H15NO4/c1-9(2)15-19-8-18-11-5-3-10(4-6-11)7-12(14)13(16)17;1-9(2)15-18-8-11-5-3-10(4-6-11)7-12(14)13(16)17;1-8(15)6-12(16)10-4-2-9(3-5-10)7-11(14)13(17)18;1-2-11(15)12(16)9-5-3-8(4-6-9)7-10(14)13(17)18;1-8(16)15-14-7-10-4-2-9(3-5-10)6-11(13)12(17)18;1-8(14)7-17-10-4-2-9(3-5-10)6-11(13)12(15)16/h3-6,12H,7-8,14H2,1-2H3,(H,16,17);3-6,12H,7-8,14H2,1-2H3,(H,16,17);2-5,11H,6-7,14H2,1H3,(H,17,18);3-6,10H,2,7,14H2,1H3,(H,17,18);2-5,7,11H,6,13H2,1H3,(H,15,16)(H,17,18);2-5,11H,6-7,13H2,1H3,(H,15,16)/b;;;;14-7+;/t2*12-;11-;10-;2*11-/m000000/s1. The van der Waals surface area contributed by atoms with Crippen LogP contribution in [0.15, 0.2) is 161 Å². The zero-order valence-corrected chi connectivity index (χ0v) is 61.7. The van der Waals surface area contributed by atoms with E-state index in [1.54, 1.807) is 116 Å². The summed E-state index contributed by atoms with van der Waals surface area (Å²) in [6.07, 6.45) is 3.39. The van der Waals surface area contributed by atoms with Gasteiger partial charge in [-0.15, -0.1) is 0 Å². The van der Waals surface area contributed by atoms with Gasteiger partial charge < -0.3 is 113 Å². The third-order valence-corrected chi connectivity index (χ3v) is 14.1. The summed E-state index contributed by atoms with van der Waals surface area (Å²) in [7, 11) is 0. The lowest BCUT2D eigenvalue weighted by Crippen LogP contribution is -2.69. The molecule has 582 valence electrons. The van der Waals surface area contributed by atoms with Crippen LogP contribution in [0.1, 0.15) is 133 Å². The minimum atomic E-state index is -1.21. The maximum absolute atomic E-state index is 11.6. The van der Waals surface area contributed by atoms with Gasteiger partial charge in [-0.25, -0.2) is 5.43 Å². The highest BCUT2D eigenvalue weighted by Gasteiger charge is 2.17. The van der Waals surface area contributed by atoms with Crippen molar-refractivity contribution in [2.45, 2.75) is 150 Å². The lowest BCUT2D eigenvalue weighted by Gasteiger charge is -2.10. The number of ketones is 5. The van der Waals surface area contributed by atoms with E-state index in [-0.39, 0.29) is 62.3 Å². The molecule has 0 aliphatic rings. The van der Waals surface area contributed by atoms with Gasteiger partial charge in [0.15, 0.2) is 11.6 Å². The zero-order chi connectivity index (χ0) is 81.6. The average molecular weight is 1500 g/mol. The molecule has 0 aromatic heterocycles. The molecular weight excluding hydrogens is 1400 g/mol. The Morgan fingerprint density at radius 3 is 1.02 bits per heavy atom. The van der Waals surface area contributed by atoms with Gasteiger partial charge >= 0.3 is 0 Å². The van der Waals surface area contributed by atoms with E-state index >= 15 is 0 Å². The van der Waals surface area contributed by atoms with Crippen LogP contribution in [0.3, 0.4) is 0 Å². The number of quaternary nitrogens is 6. The highest BCUT2D eigenvalue weighted by molar-refractivity contribution is 6.43. The molecule has 19 N–H and O–H groups in total. The first-order valence-electron chi connectivity index (χ1n) is 33.5. The Labute approximate surface area is 624 Å². The van der Waals surface area contributed by atoms with Gasteiger partial charge in [-0.3, -0.25) is 28.8 Å². The number of nitrogens with one attached hydrogen (secondary N) is 1. The third-order valence-electron chi connectivity index (χ3n) is 14.1. The molecule has 0 heterocycles. The molecule has 32 heteroatoms. The average Bonchev–Trinajstić information content (AvgIpc) is 0.906.